The van der Waals surface area contributed by atoms with Crippen molar-refractivity contribution in [3.8, 4) is 0 Å². The van der Waals surface area contributed by atoms with E-state index in [2.05, 4.69) is 48.1 Å². The zero-order valence-corrected chi connectivity index (χ0v) is 11.8. The number of hydrogen-bond donors (Lipinski definition) is 1. The van der Waals surface area contributed by atoms with Crippen LogP contribution in [0.5, 0.6) is 0 Å². The molecule has 0 amide bonds. The minimum absolute atomic E-state index is 0.751. The van der Waals surface area contributed by atoms with Crippen LogP contribution in [0.15, 0.2) is 18.3 Å². The van der Waals surface area contributed by atoms with Crippen molar-refractivity contribution in [1.29, 1.82) is 0 Å². The molecule has 3 heteroatoms. The van der Waals surface area contributed by atoms with Gasteiger partial charge in [0.2, 0.25) is 0 Å². The predicted molar refractivity (Wildman–Crippen MR) is 76.7 cm³/mol. The number of nitrogens with zero attached hydrogens (tertiary/aromatic N) is 2. The van der Waals surface area contributed by atoms with E-state index < -0.39 is 0 Å². The van der Waals surface area contributed by atoms with Gasteiger partial charge in [0.25, 0.3) is 0 Å². The molecule has 1 aliphatic heterocycles. The lowest BCUT2D eigenvalue weighted by Crippen LogP contribution is -2.32. The summed E-state index contributed by atoms with van der Waals surface area (Å²) in [5.41, 5.74) is 1.37. The predicted octanol–water partition coefficient (Wildman–Crippen LogP) is 3.13. The van der Waals surface area contributed by atoms with Gasteiger partial charge < -0.3 is 5.32 Å². The van der Waals surface area contributed by atoms with Gasteiger partial charge in [-0.2, -0.15) is 0 Å². The fraction of sp³-hybridized carbons (Fsp3) is 0.667. The second-order valence-corrected chi connectivity index (χ2v) is 5.50. The summed E-state index contributed by atoms with van der Waals surface area (Å²) in [6.07, 6.45) is 4.60. The standard InChI is InChI=1S/C15H25N3/c1-4-16-15-10-13(7-8-17-15)11-18-9-5-6-14(18)12(2)3/h7-8,10,12,14H,4-6,9,11H2,1-3H3,(H,16,17). The van der Waals surface area contributed by atoms with E-state index in [4.69, 9.17) is 0 Å². The van der Waals surface area contributed by atoms with Crippen LogP contribution in [0.4, 0.5) is 5.82 Å². The third-order valence-electron chi connectivity index (χ3n) is 3.75. The van der Waals surface area contributed by atoms with Gasteiger partial charge in [0.05, 0.1) is 0 Å². The Morgan fingerprint density at radius 3 is 3.06 bits per heavy atom. The zero-order chi connectivity index (χ0) is 13.0. The van der Waals surface area contributed by atoms with Gasteiger partial charge in [0.15, 0.2) is 0 Å². The summed E-state index contributed by atoms with van der Waals surface area (Å²) in [6.45, 7) is 9.99. The fourth-order valence-electron chi connectivity index (χ4n) is 2.89. The lowest BCUT2D eigenvalue weighted by atomic mass is 10.0. The summed E-state index contributed by atoms with van der Waals surface area (Å²) in [4.78, 5) is 6.95. The van der Waals surface area contributed by atoms with E-state index in [9.17, 15) is 0 Å². The summed E-state index contributed by atoms with van der Waals surface area (Å²) < 4.78 is 0. The average Bonchev–Trinajstić information content (AvgIpc) is 2.78. The summed E-state index contributed by atoms with van der Waals surface area (Å²) in [5.74, 6) is 1.75. The van der Waals surface area contributed by atoms with Crippen molar-refractivity contribution in [2.75, 3.05) is 18.4 Å². The molecule has 1 unspecified atom stereocenters. The number of hydrogen-bond acceptors (Lipinski definition) is 3. The maximum absolute atomic E-state index is 4.33. The molecule has 1 saturated heterocycles. The normalized spacial score (nSPS) is 20.6. The number of pyridine rings is 1. The van der Waals surface area contributed by atoms with Gasteiger partial charge in [0, 0.05) is 25.3 Å². The highest BCUT2D eigenvalue weighted by molar-refractivity contribution is 5.37. The summed E-state index contributed by atoms with van der Waals surface area (Å²) in [7, 11) is 0. The smallest absolute Gasteiger partial charge is 0.126 e. The number of aromatic nitrogens is 1. The third-order valence-corrected chi connectivity index (χ3v) is 3.75. The Morgan fingerprint density at radius 2 is 2.33 bits per heavy atom. The molecule has 1 atom stereocenters. The van der Waals surface area contributed by atoms with Gasteiger partial charge in [-0.1, -0.05) is 13.8 Å². The Kier molecular flexibility index (Phi) is 4.59. The molecule has 18 heavy (non-hydrogen) atoms. The van der Waals surface area contributed by atoms with Crippen LogP contribution in [0.1, 0.15) is 39.2 Å². The van der Waals surface area contributed by atoms with E-state index >= 15 is 0 Å². The largest absolute Gasteiger partial charge is 0.370 e. The molecule has 3 nitrogen and oxygen atoms in total. The molecule has 1 fully saturated rings. The van der Waals surface area contributed by atoms with E-state index in [1.807, 2.05) is 6.20 Å². The lowest BCUT2D eigenvalue weighted by Gasteiger charge is -2.27. The van der Waals surface area contributed by atoms with Crippen LogP contribution >= 0.6 is 0 Å². The quantitative estimate of drug-likeness (QED) is 0.866. The maximum Gasteiger partial charge on any atom is 0.126 e. The minimum Gasteiger partial charge on any atom is -0.370 e. The Labute approximate surface area is 111 Å². The van der Waals surface area contributed by atoms with Crippen molar-refractivity contribution < 1.29 is 0 Å². The highest BCUT2D eigenvalue weighted by atomic mass is 15.2. The molecule has 2 heterocycles. The van der Waals surface area contributed by atoms with Gasteiger partial charge in [-0.3, -0.25) is 4.90 Å². The number of anilines is 1. The van der Waals surface area contributed by atoms with Crippen molar-refractivity contribution in [1.82, 2.24) is 9.88 Å². The first-order chi connectivity index (χ1) is 8.70. The number of likely N-dealkylation sites (tertiary alicyclic amines) is 1. The van der Waals surface area contributed by atoms with Crippen LogP contribution in [0, 0.1) is 5.92 Å². The fourth-order valence-corrected chi connectivity index (χ4v) is 2.89. The molecule has 1 aromatic heterocycles. The second-order valence-electron chi connectivity index (χ2n) is 5.50. The first-order valence-electron chi connectivity index (χ1n) is 7.13. The Bertz CT molecular complexity index is 376. The Morgan fingerprint density at radius 1 is 1.50 bits per heavy atom. The first-order valence-corrected chi connectivity index (χ1v) is 7.13. The molecule has 0 bridgehead atoms. The molecule has 0 spiro atoms. The lowest BCUT2D eigenvalue weighted by molar-refractivity contribution is 0.199. The highest BCUT2D eigenvalue weighted by Gasteiger charge is 2.26. The van der Waals surface area contributed by atoms with E-state index in [-0.39, 0.29) is 0 Å². The van der Waals surface area contributed by atoms with E-state index in [1.165, 1.54) is 24.9 Å². The molecule has 0 aliphatic carbocycles. The molecular weight excluding hydrogens is 222 g/mol. The maximum atomic E-state index is 4.33. The van der Waals surface area contributed by atoms with Crippen LogP contribution in [0.25, 0.3) is 0 Å². The molecule has 1 N–H and O–H groups in total. The monoisotopic (exact) mass is 247 g/mol. The van der Waals surface area contributed by atoms with Crippen molar-refractivity contribution in [2.24, 2.45) is 5.92 Å². The van der Waals surface area contributed by atoms with Crippen LogP contribution in [-0.2, 0) is 6.54 Å². The van der Waals surface area contributed by atoms with Crippen molar-refractivity contribution >= 4 is 5.82 Å². The second kappa shape index (κ2) is 6.19. The van der Waals surface area contributed by atoms with Crippen molar-refractivity contribution in [2.45, 2.75) is 46.2 Å². The van der Waals surface area contributed by atoms with Gasteiger partial charge in [0.1, 0.15) is 5.82 Å². The van der Waals surface area contributed by atoms with Gasteiger partial charge in [-0.15, -0.1) is 0 Å². The summed E-state index contributed by atoms with van der Waals surface area (Å²) >= 11 is 0. The molecular formula is C15H25N3. The van der Waals surface area contributed by atoms with E-state index in [0.717, 1.165) is 30.9 Å². The summed E-state index contributed by atoms with van der Waals surface area (Å²) in [5, 5.41) is 3.28. The van der Waals surface area contributed by atoms with Crippen LogP contribution < -0.4 is 5.32 Å². The molecule has 1 aromatic rings. The number of rotatable bonds is 5. The summed E-state index contributed by atoms with van der Waals surface area (Å²) in [6, 6.07) is 5.07. The molecule has 0 aromatic carbocycles. The third kappa shape index (κ3) is 3.22. The number of nitrogens with one attached hydrogen (secondary N) is 1. The minimum atomic E-state index is 0.751. The molecule has 100 valence electrons. The average molecular weight is 247 g/mol. The Balaban J connectivity index is 2.02. The molecule has 2 rings (SSSR count). The van der Waals surface area contributed by atoms with Crippen molar-refractivity contribution in [3.05, 3.63) is 23.9 Å². The van der Waals surface area contributed by atoms with Crippen LogP contribution in [-0.4, -0.2) is 29.0 Å². The molecule has 0 radical (unpaired) electrons. The van der Waals surface area contributed by atoms with Gasteiger partial charge in [-0.05, 0) is 49.9 Å². The van der Waals surface area contributed by atoms with Crippen LogP contribution in [0.3, 0.4) is 0 Å². The molecule has 1 aliphatic rings. The zero-order valence-electron chi connectivity index (χ0n) is 11.8. The van der Waals surface area contributed by atoms with Gasteiger partial charge in [-0.25, -0.2) is 4.98 Å². The highest BCUT2D eigenvalue weighted by Crippen LogP contribution is 2.25. The van der Waals surface area contributed by atoms with E-state index in [0.29, 0.717) is 0 Å². The first kappa shape index (κ1) is 13.3. The molecule has 0 saturated carbocycles. The topological polar surface area (TPSA) is 28.2 Å². The SMILES string of the molecule is CCNc1cc(CN2CCCC2C(C)C)ccn1. The van der Waals surface area contributed by atoms with E-state index in [1.54, 1.807) is 0 Å². The Hall–Kier alpha value is -1.09. The van der Waals surface area contributed by atoms with Crippen molar-refractivity contribution in [3.63, 3.8) is 0 Å². The van der Waals surface area contributed by atoms with Crippen LogP contribution in [0.2, 0.25) is 0 Å². The van der Waals surface area contributed by atoms with Gasteiger partial charge >= 0.3 is 0 Å².